The number of nitrogens with zero attached hydrogens (tertiary/aromatic N) is 1. The standard InChI is InChI=1S/C15H18FN3O/c1-15(2,3)7-9-6-12-13-10(14(20)19-18-12)4-8(16)5-11(13)17-9/h4-5,9,17H,6-7H2,1-3H3,(H,19,20). The molecule has 2 aromatic rings. The SMILES string of the molecule is CC(C)(C)CC1Cc2n[nH]c(=O)c3cc(F)cc(c23)N1. The summed E-state index contributed by atoms with van der Waals surface area (Å²) in [4.78, 5) is 11.8. The summed E-state index contributed by atoms with van der Waals surface area (Å²) in [6.07, 6.45) is 1.69. The third-order valence-corrected chi connectivity index (χ3v) is 3.59. The zero-order chi connectivity index (χ0) is 14.5. The number of nitrogens with one attached hydrogen (secondary N) is 2. The Balaban J connectivity index is 2.12. The number of halogens is 1. The molecule has 0 bridgehead atoms. The molecule has 20 heavy (non-hydrogen) atoms. The molecular weight excluding hydrogens is 257 g/mol. The minimum Gasteiger partial charge on any atom is -0.381 e. The Morgan fingerprint density at radius 3 is 2.85 bits per heavy atom. The molecule has 1 aromatic carbocycles. The van der Waals surface area contributed by atoms with Crippen molar-refractivity contribution in [3.63, 3.8) is 0 Å². The molecule has 3 rings (SSSR count). The van der Waals surface area contributed by atoms with Crippen LogP contribution >= 0.6 is 0 Å². The molecule has 2 heterocycles. The Bertz CT molecular complexity index is 730. The van der Waals surface area contributed by atoms with Gasteiger partial charge in [0, 0.05) is 23.5 Å². The van der Waals surface area contributed by atoms with Crippen LogP contribution in [0.3, 0.4) is 0 Å². The fourth-order valence-electron chi connectivity index (χ4n) is 2.96. The van der Waals surface area contributed by atoms with E-state index in [2.05, 4.69) is 36.3 Å². The lowest BCUT2D eigenvalue weighted by Crippen LogP contribution is -2.32. The van der Waals surface area contributed by atoms with Crippen LogP contribution in [0.25, 0.3) is 10.8 Å². The number of anilines is 1. The molecule has 1 aliphatic heterocycles. The molecule has 1 unspecified atom stereocenters. The molecule has 0 saturated carbocycles. The van der Waals surface area contributed by atoms with Crippen LogP contribution < -0.4 is 10.9 Å². The van der Waals surface area contributed by atoms with Gasteiger partial charge in [0.05, 0.1) is 11.1 Å². The lowest BCUT2D eigenvalue weighted by molar-refractivity contribution is 0.346. The summed E-state index contributed by atoms with van der Waals surface area (Å²) in [5.41, 5.74) is 1.33. The Hall–Kier alpha value is -1.91. The van der Waals surface area contributed by atoms with Crippen LogP contribution in [0.5, 0.6) is 0 Å². The van der Waals surface area contributed by atoms with E-state index in [1.165, 1.54) is 12.1 Å². The van der Waals surface area contributed by atoms with Gasteiger partial charge < -0.3 is 5.32 Å². The molecule has 0 amide bonds. The van der Waals surface area contributed by atoms with Gasteiger partial charge in [0.1, 0.15) is 5.82 Å². The normalized spacial score (nSPS) is 18.1. The Labute approximate surface area is 116 Å². The Morgan fingerprint density at radius 1 is 1.40 bits per heavy atom. The first-order chi connectivity index (χ1) is 9.33. The molecule has 0 saturated heterocycles. The largest absolute Gasteiger partial charge is 0.381 e. The molecule has 1 aromatic heterocycles. The maximum Gasteiger partial charge on any atom is 0.272 e. The second-order valence-electron chi connectivity index (χ2n) is 6.69. The highest BCUT2D eigenvalue weighted by atomic mass is 19.1. The van der Waals surface area contributed by atoms with Crippen LogP contribution in [-0.4, -0.2) is 16.2 Å². The number of benzene rings is 1. The van der Waals surface area contributed by atoms with Crippen LogP contribution in [0, 0.1) is 11.2 Å². The molecule has 5 heteroatoms. The minimum atomic E-state index is -0.404. The first kappa shape index (κ1) is 13.1. The van der Waals surface area contributed by atoms with E-state index in [1.54, 1.807) is 0 Å². The second-order valence-corrected chi connectivity index (χ2v) is 6.69. The van der Waals surface area contributed by atoms with Crippen molar-refractivity contribution in [1.29, 1.82) is 0 Å². The van der Waals surface area contributed by atoms with Gasteiger partial charge in [-0.3, -0.25) is 4.79 Å². The number of hydrogen-bond donors (Lipinski definition) is 2. The summed E-state index contributed by atoms with van der Waals surface area (Å²) in [5, 5.41) is 11.1. The second kappa shape index (κ2) is 4.30. The van der Waals surface area contributed by atoms with Crippen molar-refractivity contribution in [2.75, 3.05) is 5.32 Å². The summed E-state index contributed by atoms with van der Waals surface area (Å²) in [6.45, 7) is 6.52. The average molecular weight is 275 g/mol. The van der Waals surface area contributed by atoms with E-state index in [1.807, 2.05) is 0 Å². The first-order valence-electron chi connectivity index (χ1n) is 6.81. The zero-order valence-corrected chi connectivity index (χ0v) is 11.9. The zero-order valence-electron chi connectivity index (χ0n) is 11.9. The third-order valence-electron chi connectivity index (χ3n) is 3.59. The van der Waals surface area contributed by atoms with Gasteiger partial charge in [-0.25, -0.2) is 9.49 Å². The van der Waals surface area contributed by atoms with Gasteiger partial charge >= 0.3 is 0 Å². The molecule has 0 aliphatic carbocycles. The van der Waals surface area contributed by atoms with Gasteiger partial charge in [0.25, 0.3) is 5.56 Å². The summed E-state index contributed by atoms with van der Waals surface area (Å²) in [7, 11) is 0. The van der Waals surface area contributed by atoms with Crippen molar-refractivity contribution in [2.45, 2.75) is 39.7 Å². The van der Waals surface area contributed by atoms with Gasteiger partial charge in [-0.15, -0.1) is 0 Å². The fraction of sp³-hybridized carbons (Fsp3) is 0.467. The number of aromatic amines is 1. The molecule has 0 radical (unpaired) electrons. The maximum absolute atomic E-state index is 13.7. The lowest BCUT2D eigenvalue weighted by Gasteiger charge is -2.31. The molecule has 0 spiro atoms. The highest BCUT2D eigenvalue weighted by Gasteiger charge is 2.26. The summed E-state index contributed by atoms with van der Waals surface area (Å²) >= 11 is 0. The number of aromatic nitrogens is 2. The van der Waals surface area contributed by atoms with Crippen molar-refractivity contribution in [2.24, 2.45) is 5.41 Å². The van der Waals surface area contributed by atoms with E-state index < -0.39 is 5.82 Å². The first-order valence-corrected chi connectivity index (χ1v) is 6.81. The number of rotatable bonds is 1. The molecule has 0 fully saturated rings. The van der Waals surface area contributed by atoms with Crippen molar-refractivity contribution >= 4 is 16.5 Å². The predicted molar refractivity (Wildman–Crippen MR) is 77.5 cm³/mol. The van der Waals surface area contributed by atoms with E-state index in [9.17, 15) is 9.18 Å². The van der Waals surface area contributed by atoms with E-state index in [0.717, 1.165) is 23.9 Å². The van der Waals surface area contributed by atoms with Crippen molar-refractivity contribution < 1.29 is 4.39 Å². The van der Waals surface area contributed by atoms with Crippen LogP contribution in [0.15, 0.2) is 16.9 Å². The van der Waals surface area contributed by atoms with E-state index >= 15 is 0 Å². The molecule has 2 N–H and O–H groups in total. The van der Waals surface area contributed by atoms with Gasteiger partial charge in [-0.1, -0.05) is 20.8 Å². The van der Waals surface area contributed by atoms with Crippen LogP contribution in [0.1, 0.15) is 32.9 Å². The van der Waals surface area contributed by atoms with Gasteiger partial charge in [0.2, 0.25) is 0 Å². The smallest absolute Gasteiger partial charge is 0.272 e. The Kier molecular flexibility index (Phi) is 2.81. The van der Waals surface area contributed by atoms with E-state index in [-0.39, 0.29) is 17.0 Å². The highest BCUT2D eigenvalue weighted by molar-refractivity contribution is 5.96. The van der Waals surface area contributed by atoms with Crippen molar-refractivity contribution in [1.82, 2.24) is 10.2 Å². The quantitative estimate of drug-likeness (QED) is 0.841. The van der Waals surface area contributed by atoms with E-state index in [0.29, 0.717) is 11.1 Å². The molecular formula is C15H18FN3O. The molecule has 1 aliphatic rings. The fourth-order valence-corrected chi connectivity index (χ4v) is 2.96. The monoisotopic (exact) mass is 275 g/mol. The maximum atomic E-state index is 13.7. The Morgan fingerprint density at radius 2 is 2.15 bits per heavy atom. The average Bonchev–Trinajstić information content (AvgIpc) is 2.30. The topological polar surface area (TPSA) is 57.8 Å². The van der Waals surface area contributed by atoms with Gasteiger partial charge in [-0.2, -0.15) is 5.10 Å². The summed E-state index contributed by atoms with van der Waals surface area (Å²) in [5.74, 6) is -0.404. The van der Waals surface area contributed by atoms with Crippen LogP contribution in [-0.2, 0) is 6.42 Å². The number of hydrogen-bond acceptors (Lipinski definition) is 3. The van der Waals surface area contributed by atoms with Crippen molar-refractivity contribution in [3.8, 4) is 0 Å². The van der Waals surface area contributed by atoms with Gasteiger partial charge in [-0.05, 0) is 24.0 Å². The minimum absolute atomic E-state index is 0.170. The predicted octanol–water partition coefficient (Wildman–Crippen LogP) is 2.83. The molecule has 106 valence electrons. The molecule has 1 atom stereocenters. The number of H-pyrrole nitrogens is 1. The lowest BCUT2D eigenvalue weighted by atomic mass is 9.84. The van der Waals surface area contributed by atoms with E-state index in [4.69, 9.17) is 0 Å². The van der Waals surface area contributed by atoms with Crippen LogP contribution in [0.2, 0.25) is 0 Å². The van der Waals surface area contributed by atoms with Crippen molar-refractivity contribution in [3.05, 3.63) is 34.0 Å². The summed E-state index contributed by atoms with van der Waals surface area (Å²) < 4.78 is 13.7. The highest BCUT2D eigenvalue weighted by Crippen LogP contribution is 2.34. The summed E-state index contributed by atoms with van der Waals surface area (Å²) in [6, 6.07) is 2.92. The third kappa shape index (κ3) is 2.28. The molecule has 4 nitrogen and oxygen atoms in total. The van der Waals surface area contributed by atoms with Gasteiger partial charge in [0.15, 0.2) is 0 Å². The van der Waals surface area contributed by atoms with Crippen LogP contribution in [0.4, 0.5) is 10.1 Å².